The maximum atomic E-state index is 11.7. The largest absolute Gasteiger partial charge is 0.468 e. The molecule has 0 spiro atoms. The van der Waals surface area contributed by atoms with Gasteiger partial charge in [-0.05, 0) is 18.5 Å². The lowest BCUT2D eigenvalue weighted by Crippen LogP contribution is -2.39. The normalized spacial score (nSPS) is 13.1. The standard InChI is InChI=1S/C8H10ClN3O4S/c1-5(7(13)16-2)12-17(14,15)6-3-10-8(9)11-4-6/h3-5,12H,1-2H3/t5-/m0/s1. The lowest BCUT2D eigenvalue weighted by molar-refractivity contribution is -0.142. The summed E-state index contributed by atoms with van der Waals surface area (Å²) in [6.45, 7) is 1.36. The fourth-order valence-corrected chi connectivity index (χ4v) is 2.14. The molecule has 0 fully saturated rings. The maximum absolute atomic E-state index is 11.7. The number of nitrogens with one attached hydrogen (secondary N) is 1. The highest BCUT2D eigenvalue weighted by Crippen LogP contribution is 2.08. The van der Waals surface area contributed by atoms with Gasteiger partial charge in [-0.15, -0.1) is 0 Å². The summed E-state index contributed by atoms with van der Waals surface area (Å²) in [4.78, 5) is 18.0. The van der Waals surface area contributed by atoms with Crippen LogP contribution in [0.15, 0.2) is 17.3 Å². The first-order valence-corrected chi connectivity index (χ1v) is 6.30. The number of aromatic nitrogens is 2. The third-order valence-corrected chi connectivity index (χ3v) is 3.48. The summed E-state index contributed by atoms with van der Waals surface area (Å²) in [5.41, 5.74) is 0. The van der Waals surface area contributed by atoms with Gasteiger partial charge in [-0.2, -0.15) is 4.72 Å². The Bertz CT molecular complexity index is 502. The summed E-state index contributed by atoms with van der Waals surface area (Å²) in [6.07, 6.45) is 2.09. The first-order chi connectivity index (χ1) is 7.86. The molecule has 94 valence electrons. The molecule has 1 rings (SSSR count). The first-order valence-electron chi connectivity index (χ1n) is 4.44. The summed E-state index contributed by atoms with van der Waals surface area (Å²) in [5, 5.41) is -0.0648. The molecule has 1 N–H and O–H groups in total. The summed E-state index contributed by atoms with van der Waals surface area (Å²) >= 11 is 5.43. The second-order valence-electron chi connectivity index (χ2n) is 3.05. The second kappa shape index (κ2) is 5.39. The molecular formula is C8H10ClN3O4S. The molecule has 0 unspecified atom stereocenters. The van der Waals surface area contributed by atoms with Crippen LogP contribution in [-0.4, -0.2) is 37.5 Å². The topological polar surface area (TPSA) is 98.2 Å². The van der Waals surface area contributed by atoms with Crippen molar-refractivity contribution in [1.29, 1.82) is 0 Å². The van der Waals surface area contributed by atoms with Crippen molar-refractivity contribution in [3.8, 4) is 0 Å². The molecule has 9 heteroatoms. The number of hydrogen-bond donors (Lipinski definition) is 1. The molecule has 0 saturated carbocycles. The lowest BCUT2D eigenvalue weighted by Gasteiger charge is -2.11. The Kier molecular flexibility index (Phi) is 4.38. The van der Waals surface area contributed by atoms with Crippen molar-refractivity contribution in [3.05, 3.63) is 17.7 Å². The zero-order valence-electron chi connectivity index (χ0n) is 9.05. The number of esters is 1. The molecule has 1 aromatic heterocycles. The SMILES string of the molecule is COC(=O)[C@H](C)NS(=O)(=O)c1cnc(Cl)nc1. The van der Waals surface area contributed by atoms with Gasteiger partial charge >= 0.3 is 5.97 Å². The highest BCUT2D eigenvalue weighted by Gasteiger charge is 2.22. The number of ether oxygens (including phenoxy) is 1. The highest BCUT2D eigenvalue weighted by atomic mass is 35.5. The average Bonchev–Trinajstić information content (AvgIpc) is 2.27. The predicted molar refractivity (Wildman–Crippen MR) is 58.8 cm³/mol. The van der Waals surface area contributed by atoms with E-state index in [1.807, 2.05) is 0 Å². The van der Waals surface area contributed by atoms with Crippen LogP contribution in [0.25, 0.3) is 0 Å². The van der Waals surface area contributed by atoms with E-state index in [2.05, 4.69) is 19.4 Å². The molecule has 1 atom stereocenters. The van der Waals surface area contributed by atoms with Gasteiger partial charge in [-0.1, -0.05) is 0 Å². The number of carbonyl (C=O) groups is 1. The van der Waals surface area contributed by atoms with E-state index < -0.39 is 22.0 Å². The lowest BCUT2D eigenvalue weighted by atomic mass is 10.4. The number of nitrogens with zero attached hydrogens (tertiary/aromatic N) is 2. The molecule has 17 heavy (non-hydrogen) atoms. The molecular weight excluding hydrogens is 270 g/mol. The Morgan fingerprint density at radius 3 is 2.47 bits per heavy atom. The van der Waals surface area contributed by atoms with Gasteiger partial charge in [0.05, 0.1) is 19.5 Å². The van der Waals surface area contributed by atoms with Crippen LogP contribution in [0, 0.1) is 0 Å². The van der Waals surface area contributed by atoms with Crippen molar-refractivity contribution in [1.82, 2.24) is 14.7 Å². The van der Waals surface area contributed by atoms with Crippen LogP contribution >= 0.6 is 11.6 Å². The minimum absolute atomic E-state index is 0.0648. The van der Waals surface area contributed by atoms with Crippen molar-refractivity contribution in [2.24, 2.45) is 0 Å². The minimum Gasteiger partial charge on any atom is -0.468 e. The third kappa shape index (κ3) is 3.62. The number of methoxy groups -OCH3 is 1. The van der Waals surface area contributed by atoms with Crippen molar-refractivity contribution in [2.75, 3.05) is 7.11 Å². The van der Waals surface area contributed by atoms with Gasteiger partial charge in [-0.25, -0.2) is 18.4 Å². The number of rotatable bonds is 4. The maximum Gasteiger partial charge on any atom is 0.323 e. The van der Waals surface area contributed by atoms with Crippen molar-refractivity contribution >= 4 is 27.6 Å². The van der Waals surface area contributed by atoms with Crippen LogP contribution in [0.2, 0.25) is 5.28 Å². The van der Waals surface area contributed by atoms with E-state index in [0.29, 0.717) is 0 Å². The van der Waals surface area contributed by atoms with Crippen LogP contribution in [0.4, 0.5) is 0 Å². The predicted octanol–water partition coefficient (Wildman–Crippen LogP) is -0.0302. The zero-order valence-corrected chi connectivity index (χ0v) is 10.6. The molecule has 0 radical (unpaired) electrons. The number of sulfonamides is 1. The van der Waals surface area contributed by atoms with Crippen molar-refractivity contribution in [2.45, 2.75) is 17.9 Å². The Hall–Kier alpha value is -1.25. The van der Waals surface area contributed by atoms with Crippen LogP contribution in [0.1, 0.15) is 6.92 Å². The Labute approximate surface area is 103 Å². The van der Waals surface area contributed by atoms with Gasteiger partial charge in [0.2, 0.25) is 15.3 Å². The fraction of sp³-hybridized carbons (Fsp3) is 0.375. The molecule has 0 aromatic carbocycles. The van der Waals surface area contributed by atoms with Gasteiger partial charge in [0.1, 0.15) is 10.9 Å². The average molecular weight is 280 g/mol. The van der Waals surface area contributed by atoms with Gasteiger partial charge < -0.3 is 4.74 Å². The van der Waals surface area contributed by atoms with Gasteiger partial charge in [0, 0.05) is 0 Å². The zero-order chi connectivity index (χ0) is 13.1. The van der Waals surface area contributed by atoms with Crippen LogP contribution in [-0.2, 0) is 19.6 Å². The van der Waals surface area contributed by atoms with Crippen molar-refractivity contribution < 1.29 is 17.9 Å². The first kappa shape index (κ1) is 13.8. The van der Waals surface area contributed by atoms with E-state index in [9.17, 15) is 13.2 Å². The van der Waals surface area contributed by atoms with E-state index in [1.54, 1.807) is 0 Å². The Morgan fingerprint density at radius 1 is 1.47 bits per heavy atom. The Balaban J connectivity index is 2.89. The van der Waals surface area contributed by atoms with E-state index in [0.717, 1.165) is 12.4 Å². The molecule has 0 aliphatic carbocycles. The monoisotopic (exact) mass is 279 g/mol. The van der Waals surface area contributed by atoms with Crippen LogP contribution in [0.3, 0.4) is 0 Å². The Morgan fingerprint density at radius 2 is 2.00 bits per heavy atom. The van der Waals surface area contributed by atoms with Crippen LogP contribution < -0.4 is 4.72 Å². The number of halogens is 1. The molecule has 1 aromatic rings. The molecule has 0 saturated heterocycles. The van der Waals surface area contributed by atoms with E-state index in [-0.39, 0.29) is 10.2 Å². The summed E-state index contributed by atoms with van der Waals surface area (Å²) in [5.74, 6) is -0.691. The van der Waals surface area contributed by atoms with E-state index in [4.69, 9.17) is 11.6 Å². The summed E-state index contributed by atoms with van der Waals surface area (Å²) in [7, 11) is -2.70. The van der Waals surface area contributed by atoms with Gasteiger partial charge in [0.15, 0.2) is 0 Å². The molecule has 0 aliphatic heterocycles. The highest BCUT2D eigenvalue weighted by molar-refractivity contribution is 7.89. The van der Waals surface area contributed by atoms with Gasteiger partial charge in [-0.3, -0.25) is 4.79 Å². The molecule has 1 heterocycles. The number of hydrogen-bond acceptors (Lipinski definition) is 6. The molecule has 0 bridgehead atoms. The fourth-order valence-electron chi connectivity index (χ4n) is 0.965. The molecule has 0 aliphatic rings. The summed E-state index contributed by atoms with van der Waals surface area (Å²) < 4.78 is 30.0. The smallest absolute Gasteiger partial charge is 0.323 e. The van der Waals surface area contributed by atoms with E-state index in [1.165, 1.54) is 14.0 Å². The van der Waals surface area contributed by atoms with E-state index >= 15 is 0 Å². The third-order valence-electron chi connectivity index (χ3n) is 1.79. The van der Waals surface area contributed by atoms with Gasteiger partial charge in [0.25, 0.3) is 0 Å². The second-order valence-corrected chi connectivity index (χ2v) is 5.11. The van der Waals surface area contributed by atoms with Crippen LogP contribution in [0.5, 0.6) is 0 Å². The minimum atomic E-state index is -3.87. The van der Waals surface area contributed by atoms with Crippen molar-refractivity contribution in [3.63, 3.8) is 0 Å². The molecule has 7 nitrogen and oxygen atoms in total. The molecule has 0 amide bonds. The summed E-state index contributed by atoms with van der Waals surface area (Å²) in [6, 6.07) is -0.999. The number of carbonyl (C=O) groups excluding carboxylic acids is 1. The quantitative estimate of drug-likeness (QED) is 0.614.